The Morgan fingerprint density at radius 1 is 0.933 bits per heavy atom. The van der Waals surface area contributed by atoms with E-state index in [0.29, 0.717) is 0 Å². The summed E-state index contributed by atoms with van der Waals surface area (Å²) in [7, 11) is 3.73. The second-order valence-corrected chi connectivity index (χ2v) is 7.34. The van der Waals surface area contributed by atoms with E-state index in [9.17, 15) is 5.11 Å². The van der Waals surface area contributed by atoms with Crippen molar-refractivity contribution >= 4 is 0 Å². The lowest BCUT2D eigenvalue weighted by Gasteiger charge is -2.13. The summed E-state index contributed by atoms with van der Waals surface area (Å²) in [6.07, 6.45) is 2.07. The van der Waals surface area contributed by atoms with Crippen LogP contribution in [0.5, 0.6) is 5.75 Å². The van der Waals surface area contributed by atoms with E-state index in [4.69, 9.17) is 9.72 Å². The SMILES string of the molecule is COc1ccc(-c2c(-c3ccc(CO)cc3)nc(-c3ccccc3)c[n+]2C)c(C)c1. The van der Waals surface area contributed by atoms with Crippen LogP contribution < -0.4 is 9.30 Å². The predicted molar refractivity (Wildman–Crippen MR) is 119 cm³/mol. The van der Waals surface area contributed by atoms with Crippen LogP contribution in [0.25, 0.3) is 33.8 Å². The molecule has 30 heavy (non-hydrogen) atoms. The van der Waals surface area contributed by atoms with E-state index in [1.54, 1.807) is 7.11 Å². The van der Waals surface area contributed by atoms with Crippen molar-refractivity contribution in [3.05, 3.63) is 90.1 Å². The lowest BCUT2D eigenvalue weighted by Crippen LogP contribution is -2.32. The van der Waals surface area contributed by atoms with Gasteiger partial charge in [-0.1, -0.05) is 54.6 Å². The molecule has 0 amide bonds. The number of ether oxygens (including phenoxy) is 1. The van der Waals surface area contributed by atoms with Gasteiger partial charge in [0.2, 0.25) is 5.69 Å². The van der Waals surface area contributed by atoms with Crippen LogP contribution in [0.1, 0.15) is 11.1 Å². The van der Waals surface area contributed by atoms with Gasteiger partial charge in [-0.15, -0.1) is 0 Å². The summed E-state index contributed by atoms with van der Waals surface area (Å²) in [5.74, 6) is 0.835. The van der Waals surface area contributed by atoms with Gasteiger partial charge in [0.05, 0.1) is 19.3 Å². The average molecular weight is 397 g/mol. The van der Waals surface area contributed by atoms with Crippen LogP contribution in [0.3, 0.4) is 0 Å². The van der Waals surface area contributed by atoms with Crippen molar-refractivity contribution in [2.24, 2.45) is 7.05 Å². The number of methoxy groups -OCH3 is 1. The van der Waals surface area contributed by atoms with Crippen molar-refractivity contribution in [3.8, 4) is 39.5 Å². The van der Waals surface area contributed by atoms with E-state index < -0.39 is 0 Å². The molecule has 0 unspecified atom stereocenters. The van der Waals surface area contributed by atoms with Gasteiger partial charge in [0, 0.05) is 11.1 Å². The van der Waals surface area contributed by atoms with Crippen LogP contribution in [0, 0.1) is 6.92 Å². The van der Waals surface area contributed by atoms with Gasteiger partial charge in [-0.05, 0) is 36.2 Å². The second kappa shape index (κ2) is 8.47. The summed E-state index contributed by atoms with van der Waals surface area (Å²) < 4.78 is 7.53. The molecule has 4 heteroatoms. The van der Waals surface area contributed by atoms with Crippen LogP contribution in [-0.4, -0.2) is 17.2 Å². The Morgan fingerprint density at radius 3 is 2.30 bits per heavy atom. The van der Waals surface area contributed by atoms with Crippen molar-refractivity contribution in [1.82, 2.24) is 4.98 Å². The number of aliphatic hydroxyl groups is 1. The standard InChI is InChI=1S/C26H25N2O2/c1-18-15-22(30-3)13-14-23(18)26-25(21-11-9-19(17-29)10-12-21)27-24(16-28(26)2)20-7-5-4-6-8-20/h4-16,29H,17H2,1-3H3/q+1. The third-order valence-electron chi connectivity index (χ3n) is 5.29. The fourth-order valence-electron chi connectivity index (χ4n) is 3.68. The number of hydrogen-bond acceptors (Lipinski definition) is 3. The average Bonchev–Trinajstić information content (AvgIpc) is 2.79. The molecule has 0 aliphatic carbocycles. The van der Waals surface area contributed by atoms with Crippen LogP contribution in [0.4, 0.5) is 0 Å². The Labute approximate surface area is 177 Å². The summed E-state index contributed by atoms with van der Waals surface area (Å²) in [6, 6.07) is 24.2. The smallest absolute Gasteiger partial charge is 0.239 e. The number of hydrogen-bond donors (Lipinski definition) is 1. The number of aliphatic hydroxyl groups excluding tert-OH is 1. The molecule has 1 aromatic heterocycles. The van der Waals surface area contributed by atoms with Gasteiger partial charge in [0.1, 0.15) is 24.2 Å². The maximum Gasteiger partial charge on any atom is 0.239 e. The molecule has 0 aliphatic heterocycles. The lowest BCUT2D eigenvalue weighted by molar-refractivity contribution is -0.659. The zero-order valence-corrected chi connectivity index (χ0v) is 17.5. The van der Waals surface area contributed by atoms with Crippen LogP contribution in [-0.2, 0) is 13.7 Å². The van der Waals surface area contributed by atoms with E-state index in [-0.39, 0.29) is 6.61 Å². The molecular weight excluding hydrogens is 372 g/mol. The van der Waals surface area contributed by atoms with E-state index >= 15 is 0 Å². The summed E-state index contributed by atoms with van der Waals surface area (Å²) in [4.78, 5) is 5.08. The summed E-state index contributed by atoms with van der Waals surface area (Å²) in [5, 5.41) is 9.42. The van der Waals surface area contributed by atoms with Gasteiger partial charge in [0.15, 0.2) is 6.20 Å². The van der Waals surface area contributed by atoms with Crippen molar-refractivity contribution in [2.75, 3.05) is 7.11 Å². The van der Waals surface area contributed by atoms with E-state index in [0.717, 1.165) is 50.6 Å². The number of aryl methyl sites for hydroxylation is 2. The van der Waals surface area contributed by atoms with Crippen LogP contribution >= 0.6 is 0 Å². The molecule has 1 heterocycles. The first-order valence-corrected chi connectivity index (χ1v) is 9.92. The van der Waals surface area contributed by atoms with Crippen molar-refractivity contribution in [2.45, 2.75) is 13.5 Å². The molecule has 1 N–H and O–H groups in total. The molecule has 150 valence electrons. The highest BCUT2D eigenvalue weighted by atomic mass is 16.5. The Balaban J connectivity index is 1.96. The third kappa shape index (κ3) is 3.82. The largest absolute Gasteiger partial charge is 0.497 e. The Morgan fingerprint density at radius 2 is 1.67 bits per heavy atom. The zero-order chi connectivity index (χ0) is 21.1. The van der Waals surface area contributed by atoms with Crippen LogP contribution in [0.2, 0.25) is 0 Å². The lowest BCUT2D eigenvalue weighted by atomic mass is 9.98. The highest BCUT2D eigenvalue weighted by Gasteiger charge is 2.23. The molecule has 0 saturated carbocycles. The highest BCUT2D eigenvalue weighted by Crippen LogP contribution is 2.33. The molecule has 0 atom stereocenters. The number of benzene rings is 3. The van der Waals surface area contributed by atoms with Crippen molar-refractivity contribution in [3.63, 3.8) is 0 Å². The number of aromatic nitrogens is 2. The minimum Gasteiger partial charge on any atom is -0.497 e. The van der Waals surface area contributed by atoms with Gasteiger partial charge >= 0.3 is 0 Å². The third-order valence-corrected chi connectivity index (χ3v) is 5.29. The van der Waals surface area contributed by atoms with Crippen LogP contribution in [0.15, 0.2) is 79.0 Å². The predicted octanol–water partition coefficient (Wildman–Crippen LogP) is 4.72. The summed E-state index contributed by atoms with van der Waals surface area (Å²) >= 11 is 0. The van der Waals surface area contributed by atoms with Gasteiger partial charge in [-0.3, -0.25) is 0 Å². The first kappa shape index (κ1) is 19.8. The van der Waals surface area contributed by atoms with Gasteiger partial charge in [-0.25, -0.2) is 4.98 Å². The Bertz CT molecular complexity index is 1170. The molecule has 0 bridgehead atoms. The maximum atomic E-state index is 9.42. The topological polar surface area (TPSA) is 46.2 Å². The molecule has 0 radical (unpaired) electrons. The minimum atomic E-state index is 0.0238. The van der Waals surface area contributed by atoms with E-state index in [1.807, 2.05) is 54.6 Å². The number of nitrogens with zero attached hydrogens (tertiary/aromatic N) is 2. The molecular formula is C26H25N2O2+. The van der Waals surface area contributed by atoms with Crippen molar-refractivity contribution < 1.29 is 14.4 Å². The molecule has 0 fully saturated rings. The monoisotopic (exact) mass is 397 g/mol. The molecule has 0 spiro atoms. The van der Waals surface area contributed by atoms with Gasteiger partial charge in [0.25, 0.3) is 0 Å². The highest BCUT2D eigenvalue weighted by molar-refractivity contribution is 5.79. The molecule has 4 aromatic rings. The summed E-state index contributed by atoms with van der Waals surface area (Å²) in [5.41, 5.74) is 8.02. The normalized spacial score (nSPS) is 10.8. The molecule has 3 aromatic carbocycles. The zero-order valence-electron chi connectivity index (χ0n) is 17.5. The van der Waals surface area contributed by atoms with E-state index in [2.05, 4.69) is 42.9 Å². The Kier molecular flexibility index (Phi) is 5.59. The quantitative estimate of drug-likeness (QED) is 0.496. The molecule has 4 rings (SSSR count). The molecule has 0 aliphatic rings. The van der Waals surface area contributed by atoms with E-state index in [1.165, 1.54) is 0 Å². The summed E-state index contributed by atoms with van der Waals surface area (Å²) in [6.45, 7) is 2.11. The Hall–Kier alpha value is -3.50. The number of rotatable bonds is 5. The van der Waals surface area contributed by atoms with Gasteiger partial charge in [-0.2, -0.15) is 4.57 Å². The first-order chi connectivity index (χ1) is 14.6. The molecule has 0 saturated heterocycles. The maximum absolute atomic E-state index is 9.42. The van der Waals surface area contributed by atoms with Gasteiger partial charge < -0.3 is 9.84 Å². The second-order valence-electron chi connectivity index (χ2n) is 7.34. The first-order valence-electron chi connectivity index (χ1n) is 9.92. The molecule has 4 nitrogen and oxygen atoms in total. The van der Waals surface area contributed by atoms with Crippen molar-refractivity contribution in [1.29, 1.82) is 0 Å². The fourth-order valence-corrected chi connectivity index (χ4v) is 3.68. The minimum absolute atomic E-state index is 0.0238. The fraction of sp³-hybridized carbons (Fsp3) is 0.154.